The van der Waals surface area contributed by atoms with E-state index < -0.39 is 0 Å². The van der Waals surface area contributed by atoms with Crippen molar-refractivity contribution in [2.75, 3.05) is 7.05 Å². The zero-order valence-electron chi connectivity index (χ0n) is 17.5. The van der Waals surface area contributed by atoms with Crippen LogP contribution in [0.4, 0.5) is 0 Å². The number of nitriles is 1. The summed E-state index contributed by atoms with van der Waals surface area (Å²) >= 11 is 0. The highest BCUT2D eigenvalue weighted by atomic mass is 14.7. The minimum absolute atomic E-state index is 0.547. The second kappa shape index (κ2) is 13.3. The van der Waals surface area contributed by atoms with Crippen molar-refractivity contribution in [3.05, 3.63) is 65.0 Å². The molecular formula is C24H32N4. The second-order valence-electron chi connectivity index (χ2n) is 7.03. The first kappa shape index (κ1) is 23.1. The predicted molar refractivity (Wildman–Crippen MR) is 122 cm³/mol. The van der Waals surface area contributed by atoms with Crippen molar-refractivity contribution in [2.45, 2.75) is 46.5 Å². The SMILES string of the molecule is CCCC=N/C=C(\C=C/c1ccc(C#N)cc1CC(C=CN)=NC)CC(C)C. The molecule has 0 aliphatic heterocycles. The molecule has 0 atom stereocenters. The van der Waals surface area contributed by atoms with Crippen LogP contribution in [0, 0.1) is 17.2 Å². The van der Waals surface area contributed by atoms with E-state index in [-0.39, 0.29) is 0 Å². The molecule has 0 fully saturated rings. The first-order chi connectivity index (χ1) is 13.5. The van der Waals surface area contributed by atoms with Gasteiger partial charge in [0, 0.05) is 31.6 Å². The van der Waals surface area contributed by atoms with Crippen LogP contribution in [0.25, 0.3) is 6.08 Å². The van der Waals surface area contributed by atoms with Gasteiger partial charge < -0.3 is 5.73 Å². The van der Waals surface area contributed by atoms with E-state index in [1.807, 2.05) is 30.6 Å². The van der Waals surface area contributed by atoms with E-state index >= 15 is 0 Å². The Hall–Kier alpha value is -2.93. The Morgan fingerprint density at radius 3 is 2.68 bits per heavy atom. The molecule has 2 N–H and O–H groups in total. The lowest BCUT2D eigenvalue weighted by Crippen LogP contribution is -2.03. The van der Waals surface area contributed by atoms with Crippen molar-refractivity contribution in [1.82, 2.24) is 0 Å². The van der Waals surface area contributed by atoms with Gasteiger partial charge in [-0.2, -0.15) is 5.26 Å². The Morgan fingerprint density at radius 1 is 1.29 bits per heavy atom. The smallest absolute Gasteiger partial charge is 0.0991 e. The van der Waals surface area contributed by atoms with Gasteiger partial charge in [0.1, 0.15) is 0 Å². The molecule has 28 heavy (non-hydrogen) atoms. The van der Waals surface area contributed by atoms with Gasteiger partial charge >= 0.3 is 0 Å². The molecule has 0 unspecified atom stereocenters. The highest BCUT2D eigenvalue weighted by Gasteiger charge is 2.06. The normalized spacial score (nSPS) is 13.3. The summed E-state index contributed by atoms with van der Waals surface area (Å²) in [5.41, 5.74) is 10.3. The zero-order chi connectivity index (χ0) is 20.8. The van der Waals surface area contributed by atoms with Crippen LogP contribution in [0.15, 0.2) is 58.3 Å². The van der Waals surface area contributed by atoms with Crippen LogP contribution < -0.4 is 5.73 Å². The first-order valence-electron chi connectivity index (χ1n) is 9.79. The minimum atomic E-state index is 0.547. The highest BCUT2D eigenvalue weighted by Crippen LogP contribution is 2.19. The highest BCUT2D eigenvalue weighted by molar-refractivity contribution is 5.96. The number of allylic oxidation sites excluding steroid dienone is 3. The zero-order valence-corrected chi connectivity index (χ0v) is 17.5. The molecule has 0 aromatic heterocycles. The molecule has 1 aromatic carbocycles. The maximum Gasteiger partial charge on any atom is 0.0991 e. The van der Waals surface area contributed by atoms with E-state index in [1.54, 1.807) is 13.1 Å². The molecule has 4 heteroatoms. The van der Waals surface area contributed by atoms with Crippen molar-refractivity contribution in [2.24, 2.45) is 21.6 Å². The summed E-state index contributed by atoms with van der Waals surface area (Å²) in [6.45, 7) is 6.55. The summed E-state index contributed by atoms with van der Waals surface area (Å²) in [7, 11) is 1.75. The van der Waals surface area contributed by atoms with Gasteiger partial charge in [-0.05, 0) is 59.9 Å². The van der Waals surface area contributed by atoms with Crippen LogP contribution in [0.1, 0.15) is 56.7 Å². The number of unbranched alkanes of at least 4 members (excludes halogenated alkanes) is 1. The quantitative estimate of drug-likeness (QED) is 0.435. The Bertz CT molecular complexity index is 802. The molecule has 1 rings (SSSR count). The number of hydrogen-bond acceptors (Lipinski definition) is 4. The molecule has 1 aromatic rings. The van der Waals surface area contributed by atoms with E-state index in [0.717, 1.165) is 36.1 Å². The summed E-state index contributed by atoms with van der Waals surface area (Å²) in [5.74, 6) is 0.547. The number of nitrogens with zero attached hydrogens (tertiary/aromatic N) is 3. The summed E-state index contributed by atoms with van der Waals surface area (Å²) in [6, 6.07) is 7.96. The molecule has 4 nitrogen and oxygen atoms in total. The molecule has 0 saturated heterocycles. The lowest BCUT2D eigenvalue weighted by molar-refractivity contribution is 0.649. The van der Waals surface area contributed by atoms with Crippen LogP contribution >= 0.6 is 0 Å². The molecular weight excluding hydrogens is 344 g/mol. The number of aliphatic imine (C=N–C) groups is 2. The van der Waals surface area contributed by atoms with Gasteiger partial charge in [0.25, 0.3) is 0 Å². The molecule has 0 spiro atoms. The second-order valence-corrected chi connectivity index (χ2v) is 7.03. The van der Waals surface area contributed by atoms with Crippen molar-refractivity contribution < 1.29 is 0 Å². The lowest BCUT2D eigenvalue weighted by Gasteiger charge is -2.09. The monoisotopic (exact) mass is 376 g/mol. The average molecular weight is 377 g/mol. The van der Waals surface area contributed by atoms with Crippen LogP contribution in [0.5, 0.6) is 0 Å². The van der Waals surface area contributed by atoms with Crippen molar-refractivity contribution >= 4 is 18.0 Å². The third-order valence-corrected chi connectivity index (χ3v) is 4.10. The molecule has 0 amide bonds. The Labute approximate surface area is 169 Å². The van der Waals surface area contributed by atoms with E-state index in [1.165, 1.54) is 11.8 Å². The lowest BCUT2D eigenvalue weighted by atomic mass is 9.97. The van der Waals surface area contributed by atoms with Crippen molar-refractivity contribution in [3.8, 4) is 6.07 Å². The van der Waals surface area contributed by atoms with E-state index in [4.69, 9.17) is 5.73 Å². The topological polar surface area (TPSA) is 74.5 Å². The fourth-order valence-corrected chi connectivity index (χ4v) is 2.69. The van der Waals surface area contributed by atoms with Crippen LogP contribution in [-0.4, -0.2) is 19.0 Å². The standard InChI is InChI=1S/C24H32N4/c1-5-6-13-28-18-21(14-19(2)3)8-10-22-9-7-20(17-26)15-23(22)16-24(27-4)11-12-25/h7-13,15,18-19H,5-6,14,16,25H2,1-4H3/b10-8-,12-11?,21-18+,27-24?,28-13?. The molecule has 148 valence electrons. The minimum Gasteiger partial charge on any atom is -0.405 e. The Kier molecular flexibility index (Phi) is 11.0. The number of rotatable bonds is 10. The van der Waals surface area contributed by atoms with Crippen molar-refractivity contribution in [3.63, 3.8) is 0 Å². The third-order valence-electron chi connectivity index (χ3n) is 4.10. The first-order valence-corrected chi connectivity index (χ1v) is 9.79. The Balaban J connectivity index is 3.20. The molecule has 0 saturated carbocycles. The van der Waals surface area contributed by atoms with Gasteiger partial charge in [-0.25, -0.2) is 0 Å². The fraction of sp³-hybridized carbons (Fsp3) is 0.375. The fourth-order valence-electron chi connectivity index (χ4n) is 2.69. The molecule has 0 heterocycles. The number of hydrogen-bond donors (Lipinski definition) is 1. The average Bonchev–Trinajstić information content (AvgIpc) is 2.68. The van der Waals surface area contributed by atoms with E-state index in [9.17, 15) is 5.26 Å². The van der Waals surface area contributed by atoms with Gasteiger partial charge in [-0.15, -0.1) is 0 Å². The third kappa shape index (κ3) is 8.64. The van der Waals surface area contributed by atoms with Gasteiger partial charge in [-0.1, -0.05) is 45.4 Å². The Morgan fingerprint density at radius 2 is 2.07 bits per heavy atom. The summed E-state index contributed by atoms with van der Waals surface area (Å²) < 4.78 is 0. The summed E-state index contributed by atoms with van der Waals surface area (Å²) in [5, 5.41) is 9.25. The van der Waals surface area contributed by atoms with Gasteiger partial charge in [-0.3, -0.25) is 9.98 Å². The molecule has 0 aliphatic rings. The van der Waals surface area contributed by atoms with Crippen LogP contribution in [-0.2, 0) is 6.42 Å². The predicted octanol–water partition coefficient (Wildman–Crippen LogP) is 5.46. The summed E-state index contributed by atoms with van der Waals surface area (Å²) in [4.78, 5) is 8.71. The molecule has 0 radical (unpaired) electrons. The maximum atomic E-state index is 9.25. The van der Waals surface area contributed by atoms with Crippen molar-refractivity contribution in [1.29, 1.82) is 5.26 Å². The number of benzene rings is 1. The van der Waals surface area contributed by atoms with Gasteiger partial charge in [0.05, 0.1) is 11.6 Å². The summed E-state index contributed by atoms with van der Waals surface area (Å²) in [6.07, 6.45) is 15.1. The van der Waals surface area contributed by atoms with Crippen LogP contribution in [0.2, 0.25) is 0 Å². The molecule has 0 bridgehead atoms. The number of nitrogens with two attached hydrogens (primary N) is 1. The maximum absolute atomic E-state index is 9.25. The van der Waals surface area contributed by atoms with E-state index in [0.29, 0.717) is 17.9 Å². The molecule has 0 aliphatic carbocycles. The van der Waals surface area contributed by atoms with Crippen LogP contribution in [0.3, 0.4) is 0 Å². The largest absolute Gasteiger partial charge is 0.405 e. The van der Waals surface area contributed by atoms with Gasteiger partial charge in [0.2, 0.25) is 0 Å². The van der Waals surface area contributed by atoms with E-state index in [2.05, 4.69) is 49.0 Å². The van der Waals surface area contributed by atoms with Gasteiger partial charge in [0.15, 0.2) is 0 Å².